The standard InChI is InChI=1S/C11H24N4O/c1-4-10(7-11(12)13-16)15-6-5-14(3)9(2)8-15/h9-10,16H,4-8H2,1-3H3,(H2,12,13). The summed E-state index contributed by atoms with van der Waals surface area (Å²) in [5, 5.41) is 11.7. The molecule has 0 radical (unpaired) electrons. The van der Waals surface area contributed by atoms with Gasteiger partial charge in [-0.1, -0.05) is 12.1 Å². The largest absolute Gasteiger partial charge is 0.409 e. The van der Waals surface area contributed by atoms with Crippen LogP contribution in [0.25, 0.3) is 0 Å². The molecule has 0 spiro atoms. The molecule has 1 heterocycles. The van der Waals surface area contributed by atoms with Crippen LogP contribution in [0.1, 0.15) is 26.7 Å². The molecule has 5 nitrogen and oxygen atoms in total. The highest BCUT2D eigenvalue weighted by molar-refractivity contribution is 5.80. The first-order valence-electron chi connectivity index (χ1n) is 5.99. The van der Waals surface area contributed by atoms with Crippen LogP contribution in [0.15, 0.2) is 5.16 Å². The van der Waals surface area contributed by atoms with Gasteiger partial charge in [0.25, 0.3) is 0 Å². The number of nitrogens with zero attached hydrogens (tertiary/aromatic N) is 3. The van der Waals surface area contributed by atoms with Crippen LogP contribution < -0.4 is 5.73 Å². The molecule has 1 saturated heterocycles. The molecule has 94 valence electrons. The Morgan fingerprint density at radius 2 is 2.25 bits per heavy atom. The number of oxime groups is 1. The molecule has 0 aromatic heterocycles. The van der Waals surface area contributed by atoms with E-state index in [9.17, 15) is 0 Å². The second-order valence-electron chi connectivity index (χ2n) is 4.68. The molecule has 1 rings (SSSR count). The highest BCUT2D eigenvalue weighted by atomic mass is 16.4. The minimum atomic E-state index is 0.332. The van der Waals surface area contributed by atoms with Crippen LogP contribution in [0.4, 0.5) is 0 Å². The van der Waals surface area contributed by atoms with Gasteiger partial charge in [-0.3, -0.25) is 4.90 Å². The monoisotopic (exact) mass is 228 g/mol. The molecule has 0 bridgehead atoms. The van der Waals surface area contributed by atoms with Gasteiger partial charge in [-0.15, -0.1) is 0 Å². The third kappa shape index (κ3) is 3.35. The summed E-state index contributed by atoms with van der Waals surface area (Å²) in [4.78, 5) is 4.81. The van der Waals surface area contributed by atoms with Gasteiger partial charge in [0, 0.05) is 38.1 Å². The smallest absolute Gasteiger partial charge is 0.140 e. The Kier molecular flexibility index (Phi) is 5.02. The van der Waals surface area contributed by atoms with Crippen molar-refractivity contribution >= 4 is 5.84 Å². The first-order valence-corrected chi connectivity index (χ1v) is 5.99. The fourth-order valence-electron chi connectivity index (χ4n) is 2.22. The summed E-state index contributed by atoms with van der Waals surface area (Å²) < 4.78 is 0. The molecular weight excluding hydrogens is 204 g/mol. The zero-order valence-electron chi connectivity index (χ0n) is 10.6. The number of nitrogens with two attached hydrogens (primary N) is 1. The molecule has 2 atom stereocenters. The molecule has 1 aliphatic rings. The summed E-state index contributed by atoms with van der Waals surface area (Å²) in [6.45, 7) is 7.61. The second-order valence-corrected chi connectivity index (χ2v) is 4.68. The molecule has 0 saturated carbocycles. The highest BCUT2D eigenvalue weighted by Crippen LogP contribution is 2.15. The van der Waals surface area contributed by atoms with Gasteiger partial charge in [-0.25, -0.2) is 0 Å². The van der Waals surface area contributed by atoms with Crippen molar-refractivity contribution in [2.24, 2.45) is 10.9 Å². The third-order valence-electron chi connectivity index (χ3n) is 3.55. The lowest BCUT2D eigenvalue weighted by atomic mass is 10.1. The quantitative estimate of drug-likeness (QED) is 0.319. The van der Waals surface area contributed by atoms with Gasteiger partial charge in [-0.05, 0) is 20.4 Å². The minimum Gasteiger partial charge on any atom is -0.409 e. The van der Waals surface area contributed by atoms with E-state index in [0.717, 1.165) is 26.1 Å². The van der Waals surface area contributed by atoms with Gasteiger partial charge >= 0.3 is 0 Å². The van der Waals surface area contributed by atoms with Crippen molar-refractivity contribution in [1.29, 1.82) is 0 Å². The van der Waals surface area contributed by atoms with Crippen molar-refractivity contribution in [3.63, 3.8) is 0 Å². The van der Waals surface area contributed by atoms with Crippen LogP contribution in [0.5, 0.6) is 0 Å². The van der Waals surface area contributed by atoms with Crippen LogP contribution >= 0.6 is 0 Å². The normalized spacial score (nSPS) is 26.9. The summed E-state index contributed by atoms with van der Waals surface area (Å²) in [6.07, 6.45) is 1.69. The number of hydrogen-bond donors (Lipinski definition) is 2. The number of piperazine rings is 1. The lowest BCUT2D eigenvalue weighted by Gasteiger charge is -2.41. The van der Waals surface area contributed by atoms with Gasteiger partial charge in [-0.2, -0.15) is 0 Å². The third-order valence-corrected chi connectivity index (χ3v) is 3.55. The van der Waals surface area contributed by atoms with Gasteiger partial charge in [0.1, 0.15) is 5.84 Å². The van der Waals surface area contributed by atoms with Gasteiger partial charge in [0.05, 0.1) is 0 Å². The maximum atomic E-state index is 8.61. The van der Waals surface area contributed by atoms with Crippen LogP contribution in [-0.2, 0) is 0 Å². The van der Waals surface area contributed by atoms with E-state index in [2.05, 4.69) is 35.9 Å². The molecular formula is C11H24N4O. The zero-order valence-corrected chi connectivity index (χ0v) is 10.6. The van der Waals surface area contributed by atoms with Crippen molar-refractivity contribution in [2.75, 3.05) is 26.7 Å². The van der Waals surface area contributed by atoms with Crippen LogP contribution in [0.2, 0.25) is 0 Å². The molecule has 0 amide bonds. The lowest BCUT2D eigenvalue weighted by Crippen LogP contribution is -2.53. The highest BCUT2D eigenvalue weighted by Gasteiger charge is 2.26. The molecule has 16 heavy (non-hydrogen) atoms. The Morgan fingerprint density at radius 3 is 2.75 bits per heavy atom. The van der Waals surface area contributed by atoms with Crippen molar-refractivity contribution in [3.05, 3.63) is 0 Å². The molecule has 2 unspecified atom stereocenters. The van der Waals surface area contributed by atoms with E-state index in [1.807, 2.05) is 0 Å². The van der Waals surface area contributed by atoms with Crippen LogP contribution in [0, 0.1) is 0 Å². The SMILES string of the molecule is CCC(CC(N)=NO)N1CCN(C)C(C)C1. The maximum Gasteiger partial charge on any atom is 0.140 e. The van der Waals surface area contributed by atoms with E-state index in [-0.39, 0.29) is 0 Å². The average Bonchev–Trinajstić information content (AvgIpc) is 2.29. The first-order chi connectivity index (χ1) is 7.58. The maximum absolute atomic E-state index is 8.61. The van der Waals surface area contributed by atoms with E-state index in [1.165, 1.54) is 0 Å². The average molecular weight is 228 g/mol. The van der Waals surface area contributed by atoms with Gasteiger partial charge in [0.2, 0.25) is 0 Å². The van der Waals surface area contributed by atoms with Gasteiger partial charge in [0.15, 0.2) is 0 Å². The fraction of sp³-hybridized carbons (Fsp3) is 0.909. The molecule has 3 N–H and O–H groups in total. The van der Waals surface area contributed by atoms with Crippen molar-refractivity contribution in [1.82, 2.24) is 9.80 Å². The first kappa shape index (κ1) is 13.3. The molecule has 5 heteroatoms. The Hall–Kier alpha value is -0.810. The van der Waals surface area contributed by atoms with Crippen molar-refractivity contribution in [3.8, 4) is 0 Å². The van der Waals surface area contributed by atoms with E-state index >= 15 is 0 Å². The Labute approximate surface area is 97.9 Å². The van der Waals surface area contributed by atoms with Crippen LogP contribution in [0.3, 0.4) is 0 Å². The number of likely N-dealkylation sites (N-methyl/N-ethyl adjacent to an activating group) is 1. The van der Waals surface area contributed by atoms with E-state index in [0.29, 0.717) is 24.3 Å². The molecule has 0 aromatic rings. The Bertz CT molecular complexity index is 244. The minimum absolute atomic E-state index is 0.332. The molecule has 1 aliphatic heterocycles. The molecule has 1 fully saturated rings. The summed E-state index contributed by atoms with van der Waals surface area (Å²) in [6, 6.07) is 0.974. The van der Waals surface area contributed by atoms with Crippen LogP contribution in [-0.4, -0.2) is 59.6 Å². The number of amidine groups is 1. The molecule has 0 aliphatic carbocycles. The van der Waals surface area contributed by atoms with Crippen molar-refractivity contribution < 1.29 is 5.21 Å². The van der Waals surface area contributed by atoms with Crippen molar-refractivity contribution in [2.45, 2.75) is 38.8 Å². The fourth-order valence-corrected chi connectivity index (χ4v) is 2.22. The van der Waals surface area contributed by atoms with E-state index in [1.54, 1.807) is 0 Å². The zero-order chi connectivity index (χ0) is 12.1. The summed E-state index contributed by atoms with van der Waals surface area (Å²) in [7, 11) is 2.16. The van der Waals surface area contributed by atoms with E-state index < -0.39 is 0 Å². The summed E-state index contributed by atoms with van der Waals surface area (Å²) in [5.41, 5.74) is 5.58. The summed E-state index contributed by atoms with van der Waals surface area (Å²) in [5.74, 6) is 0.332. The number of rotatable bonds is 4. The second kappa shape index (κ2) is 6.06. The number of hydrogen-bond acceptors (Lipinski definition) is 4. The Balaban J connectivity index is 2.53. The summed E-state index contributed by atoms with van der Waals surface area (Å²) >= 11 is 0. The van der Waals surface area contributed by atoms with Gasteiger partial charge < -0.3 is 15.8 Å². The molecule has 0 aromatic carbocycles. The predicted octanol–water partition coefficient (Wildman–Crippen LogP) is 0.537. The topological polar surface area (TPSA) is 65.1 Å². The predicted molar refractivity (Wildman–Crippen MR) is 65.8 cm³/mol. The lowest BCUT2D eigenvalue weighted by molar-refractivity contribution is 0.0722. The Morgan fingerprint density at radius 1 is 1.56 bits per heavy atom. The van der Waals surface area contributed by atoms with E-state index in [4.69, 9.17) is 10.9 Å².